The van der Waals surface area contributed by atoms with Crippen LogP contribution in [0.15, 0.2) is 28.1 Å². The Bertz CT molecular complexity index is 632. The Kier molecular flexibility index (Phi) is 4.11. The summed E-state index contributed by atoms with van der Waals surface area (Å²) in [6, 6.07) is 2.97. The van der Waals surface area contributed by atoms with Gasteiger partial charge in [0, 0.05) is 20.8 Å². The fourth-order valence-corrected chi connectivity index (χ4v) is 2.71. The number of ether oxygens (including phenoxy) is 1. The lowest BCUT2D eigenvalue weighted by molar-refractivity contribution is -0.387. The number of benzene rings is 1. The van der Waals surface area contributed by atoms with Crippen molar-refractivity contribution in [3.8, 4) is 5.75 Å². The van der Waals surface area contributed by atoms with E-state index in [0.717, 1.165) is 9.35 Å². The predicted octanol–water partition coefficient (Wildman–Crippen LogP) is 4.28. The van der Waals surface area contributed by atoms with E-state index >= 15 is 0 Å². The van der Waals surface area contributed by atoms with Gasteiger partial charge in [-0.15, -0.1) is 11.3 Å². The normalized spacial score (nSPS) is 10.5. The summed E-state index contributed by atoms with van der Waals surface area (Å²) in [5, 5.41) is 12.2. The summed E-state index contributed by atoms with van der Waals surface area (Å²) in [5.74, 6) is -2.45. The van der Waals surface area contributed by atoms with Crippen molar-refractivity contribution in [3.05, 3.63) is 54.7 Å². The maximum Gasteiger partial charge on any atom is 0.307 e. The van der Waals surface area contributed by atoms with Crippen LogP contribution in [0.1, 0.15) is 4.88 Å². The number of hydrogen-bond acceptors (Lipinski definition) is 4. The van der Waals surface area contributed by atoms with Gasteiger partial charge in [0.2, 0.25) is 5.82 Å². The summed E-state index contributed by atoms with van der Waals surface area (Å²) >= 11 is 4.65. The minimum Gasteiger partial charge on any atom is -0.485 e. The van der Waals surface area contributed by atoms with Gasteiger partial charge in [0.25, 0.3) is 0 Å². The molecule has 100 valence electrons. The molecule has 0 radical (unpaired) electrons. The average Bonchev–Trinajstić information content (AvgIpc) is 2.75. The molecule has 0 spiro atoms. The summed E-state index contributed by atoms with van der Waals surface area (Å²) in [6.45, 7) is 0.0600. The smallest absolute Gasteiger partial charge is 0.307 e. The first-order valence-electron chi connectivity index (χ1n) is 4.96. The molecule has 0 fully saturated rings. The van der Waals surface area contributed by atoms with Gasteiger partial charge in [-0.2, -0.15) is 4.39 Å². The summed E-state index contributed by atoms with van der Waals surface area (Å²) < 4.78 is 32.8. The Labute approximate surface area is 118 Å². The van der Waals surface area contributed by atoms with Crippen LogP contribution in [-0.2, 0) is 6.61 Å². The molecule has 8 heteroatoms. The predicted molar refractivity (Wildman–Crippen MR) is 69.4 cm³/mol. The highest BCUT2D eigenvalue weighted by Crippen LogP contribution is 2.28. The standard InChI is InChI=1S/C11H6BrF2NO3S/c12-6-1-7(19-5-6)4-18-11-3-8(13)10(15(16)17)2-9(11)14/h1-3,5H,4H2. The van der Waals surface area contributed by atoms with Gasteiger partial charge in [0.1, 0.15) is 6.61 Å². The lowest BCUT2D eigenvalue weighted by Crippen LogP contribution is -1.99. The fraction of sp³-hybridized carbons (Fsp3) is 0.0909. The Hall–Kier alpha value is -1.54. The quantitative estimate of drug-likeness (QED) is 0.611. The molecular formula is C11H6BrF2NO3S. The van der Waals surface area contributed by atoms with Crippen LogP contribution >= 0.6 is 27.3 Å². The molecule has 0 saturated heterocycles. The third kappa shape index (κ3) is 3.27. The summed E-state index contributed by atoms with van der Waals surface area (Å²) in [4.78, 5) is 10.2. The molecule has 0 aliphatic carbocycles. The third-order valence-corrected chi connectivity index (χ3v) is 3.86. The molecule has 4 nitrogen and oxygen atoms in total. The molecule has 0 saturated carbocycles. The molecule has 1 heterocycles. The van der Waals surface area contributed by atoms with E-state index in [2.05, 4.69) is 15.9 Å². The second-order valence-corrected chi connectivity index (χ2v) is 5.42. The number of hydrogen-bond donors (Lipinski definition) is 0. The molecule has 0 N–H and O–H groups in total. The fourth-order valence-electron chi connectivity index (χ4n) is 1.35. The lowest BCUT2D eigenvalue weighted by atomic mass is 10.3. The van der Waals surface area contributed by atoms with Crippen molar-refractivity contribution in [1.29, 1.82) is 0 Å². The van der Waals surface area contributed by atoms with E-state index in [0.29, 0.717) is 12.1 Å². The summed E-state index contributed by atoms with van der Waals surface area (Å²) in [6.07, 6.45) is 0. The van der Waals surface area contributed by atoms with Crippen molar-refractivity contribution >= 4 is 33.0 Å². The van der Waals surface area contributed by atoms with E-state index in [9.17, 15) is 18.9 Å². The van der Waals surface area contributed by atoms with Crippen LogP contribution < -0.4 is 4.74 Å². The Balaban J connectivity index is 2.17. The number of halogens is 3. The van der Waals surface area contributed by atoms with E-state index in [4.69, 9.17) is 4.74 Å². The molecule has 0 bridgehead atoms. The molecule has 1 aromatic carbocycles. The first-order chi connectivity index (χ1) is 8.97. The van der Waals surface area contributed by atoms with Gasteiger partial charge >= 0.3 is 5.69 Å². The number of nitro groups is 1. The SMILES string of the molecule is O=[N+]([O-])c1cc(F)c(OCc2cc(Br)cs2)cc1F. The average molecular weight is 350 g/mol. The number of nitro benzene ring substituents is 1. The second-order valence-electron chi connectivity index (χ2n) is 3.51. The van der Waals surface area contributed by atoms with E-state index in [-0.39, 0.29) is 12.4 Å². The van der Waals surface area contributed by atoms with Crippen LogP contribution in [0.2, 0.25) is 0 Å². The summed E-state index contributed by atoms with van der Waals surface area (Å²) in [5.41, 5.74) is -0.913. The Morgan fingerprint density at radius 3 is 2.63 bits per heavy atom. The van der Waals surface area contributed by atoms with Crippen LogP contribution in [0, 0.1) is 21.7 Å². The minimum absolute atomic E-state index is 0.0600. The molecule has 0 unspecified atom stereocenters. The highest BCUT2D eigenvalue weighted by molar-refractivity contribution is 9.10. The molecule has 0 amide bonds. The van der Waals surface area contributed by atoms with Crippen LogP contribution in [-0.4, -0.2) is 4.92 Å². The van der Waals surface area contributed by atoms with E-state index in [1.54, 1.807) is 6.07 Å². The monoisotopic (exact) mass is 349 g/mol. The number of nitrogens with zero attached hydrogens (tertiary/aromatic N) is 1. The topological polar surface area (TPSA) is 52.4 Å². The van der Waals surface area contributed by atoms with E-state index in [1.165, 1.54) is 11.3 Å². The van der Waals surface area contributed by atoms with Gasteiger partial charge in [0.15, 0.2) is 11.6 Å². The van der Waals surface area contributed by atoms with Gasteiger partial charge in [-0.1, -0.05) is 0 Å². The second kappa shape index (κ2) is 5.62. The van der Waals surface area contributed by atoms with Crippen molar-refractivity contribution in [3.63, 3.8) is 0 Å². The minimum atomic E-state index is -1.13. The Morgan fingerprint density at radius 1 is 1.32 bits per heavy atom. The highest BCUT2D eigenvalue weighted by Gasteiger charge is 2.19. The van der Waals surface area contributed by atoms with Crippen LogP contribution in [0.25, 0.3) is 0 Å². The largest absolute Gasteiger partial charge is 0.485 e. The summed E-state index contributed by atoms with van der Waals surface area (Å²) in [7, 11) is 0. The third-order valence-electron chi connectivity index (χ3n) is 2.19. The molecule has 1 aromatic heterocycles. The zero-order chi connectivity index (χ0) is 14.0. The first kappa shape index (κ1) is 13.9. The van der Waals surface area contributed by atoms with Crippen molar-refractivity contribution in [1.82, 2.24) is 0 Å². The van der Waals surface area contributed by atoms with Crippen molar-refractivity contribution < 1.29 is 18.4 Å². The van der Waals surface area contributed by atoms with Crippen molar-refractivity contribution in [2.45, 2.75) is 6.61 Å². The van der Waals surface area contributed by atoms with Gasteiger partial charge < -0.3 is 4.74 Å². The molecular weight excluding hydrogens is 344 g/mol. The molecule has 0 aliphatic heterocycles. The van der Waals surface area contributed by atoms with Crippen molar-refractivity contribution in [2.75, 3.05) is 0 Å². The van der Waals surface area contributed by atoms with E-state index < -0.39 is 22.2 Å². The van der Waals surface area contributed by atoms with Crippen LogP contribution in [0.5, 0.6) is 5.75 Å². The van der Waals surface area contributed by atoms with Gasteiger partial charge in [-0.05, 0) is 22.0 Å². The number of thiophene rings is 1. The van der Waals surface area contributed by atoms with Crippen molar-refractivity contribution in [2.24, 2.45) is 0 Å². The molecule has 2 aromatic rings. The zero-order valence-electron chi connectivity index (χ0n) is 9.23. The maximum atomic E-state index is 13.5. The lowest BCUT2D eigenvalue weighted by Gasteiger charge is -2.06. The van der Waals surface area contributed by atoms with Crippen LogP contribution in [0.3, 0.4) is 0 Å². The first-order valence-corrected chi connectivity index (χ1v) is 6.64. The molecule has 0 aliphatic rings. The number of rotatable bonds is 4. The molecule has 2 rings (SSSR count). The van der Waals surface area contributed by atoms with Crippen LogP contribution in [0.4, 0.5) is 14.5 Å². The van der Waals surface area contributed by atoms with E-state index in [1.807, 2.05) is 5.38 Å². The van der Waals surface area contributed by atoms with Gasteiger partial charge in [-0.25, -0.2) is 4.39 Å². The highest BCUT2D eigenvalue weighted by atomic mass is 79.9. The van der Waals surface area contributed by atoms with Gasteiger partial charge in [0.05, 0.1) is 11.0 Å². The Morgan fingerprint density at radius 2 is 2.05 bits per heavy atom. The zero-order valence-corrected chi connectivity index (χ0v) is 11.6. The molecule has 19 heavy (non-hydrogen) atoms. The maximum absolute atomic E-state index is 13.5. The van der Waals surface area contributed by atoms with Gasteiger partial charge in [-0.3, -0.25) is 10.1 Å². The molecule has 0 atom stereocenters.